The lowest BCUT2D eigenvalue weighted by Crippen LogP contribution is -2.52. The molecule has 2 atom stereocenters. The van der Waals surface area contributed by atoms with Gasteiger partial charge >= 0.3 is 5.97 Å². The van der Waals surface area contributed by atoms with Gasteiger partial charge in [-0.2, -0.15) is 0 Å². The molecule has 1 amide bonds. The van der Waals surface area contributed by atoms with Crippen molar-refractivity contribution < 1.29 is 14.7 Å². The molecule has 0 aromatic rings. The molecule has 4 heteroatoms. The first-order valence-electron chi connectivity index (χ1n) is 6.54. The van der Waals surface area contributed by atoms with Gasteiger partial charge in [0.1, 0.15) is 5.54 Å². The smallest absolute Gasteiger partial charge is 0.329 e. The summed E-state index contributed by atoms with van der Waals surface area (Å²) < 4.78 is 0. The summed E-state index contributed by atoms with van der Waals surface area (Å²) in [6.45, 7) is 11.7. The highest BCUT2D eigenvalue weighted by Crippen LogP contribution is 2.26. The van der Waals surface area contributed by atoms with E-state index in [4.69, 9.17) is 5.11 Å². The molecule has 0 fully saturated rings. The SMILES string of the molecule is CCC(C)(NC(=O)CC(C)CC(C)(C)C)C(=O)O. The molecule has 0 radical (unpaired) electrons. The second kappa shape index (κ2) is 6.21. The maximum absolute atomic E-state index is 11.8. The van der Waals surface area contributed by atoms with Crippen molar-refractivity contribution in [2.75, 3.05) is 0 Å². The van der Waals surface area contributed by atoms with E-state index < -0.39 is 11.5 Å². The van der Waals surface area contributed by atoms with Crippen LogP contribution in [0.1, 0.15) is 60.8 Å². The molecule has 0 saturated carbocycles. The molecule has 2 unspecified atom stereocenters. The minimum absolute atomic E-state index is 0.181. The third-order valence-corrected chi connectivity index (χ3v) is 3.09. The molecule has 0 saturated heterocycles. The van der Waals surface area contributed by atoms with Crippen molar-refractivity contribution >= 4 is 11.9 Å². The number of nitrogens with one attached hydrogen (secondary N) is 1. The molecule has 0 aliphatic carbocycles. The average molecular weight is 257 g/mol. The molecule has 18 heavy (non-hydrogen) atoms. The summed E-state index contributed by atoms with van der Waals surface area (Å²) in [7, 11) is 0. The van der Waals surface area contributed by atoms with Crippen molar-refractivity contribution in [1.82, 2.24) is 5.32 Å². The predicted molar refractivity (Wildman–Crippen MR) is 72.3 cm³/mol. The second-order valence-corrected chi connectivity index (χ2v) is 6.61. The first kappa shape index (κ1) is 16.9. The van der Waals surface area contributed by atoms with Crippen LogP contribution < -0.4 is 5.32 Å². The zero-order valence-corrected chi connectivity index (χ0v) is 12.5. The predicted octanol–water partition coefficient (Wildman–Crippen LogP) is 2.82. The molecule has 0 aromatic heterocycles. The molecule has 0 bridgehead atoms. The van der Waals surface area contributed by atoms with E-state index in [-0.39, 0.29) is 17.2 Å². The summed E-state index contributed by atoms with van der Waals surface area (Å²) in [6, 6.07) is 0. The van der Waals surface area contributed by atoms with E-state index >= 15 is 0 Å². The zero-order chi connectivity index (χ0) is 14.6. The van der Waals surface area contributed by atoms with Gasteiger partial charge in [-0.15, -0.1) is 0 Å². The van der Waals surface area contributed by atoms with Gasteiger partial charge < -0.3 is 10.4 Å². The number of carboxylic acids is 1. The molecule has 4 nitrogen and oxygen atoms in total. The van der Waals surface area contributed by atoms with E-state index in [1.54, 1.807) is 13.8 Å². The Bertz CT molecular complexity index is 307. The molecular weight excluding hydrogens is 230 g/mol. The fourth-order valence-electron chi connectivity index (χ4n) is 2.09. The quantitative estimate of drug-likeness (QED) is 0.769. The van der Waals surface area contributed by atoms with Gasteiger partial charge in [-0.25, -0.2) is 4.79 Å². The van der Waals surface area contributed by atoms with Crippen LogP contribution in [-0.2, 0) is 9.59 Å². The number of carbonyl (C=O) groups excluding carboxylic acids is 1. The number of aliphatic carboxylic acids is 1. The second-order valence-electron chi connectivity index (χ2n) is 6.61. The first-order chi connectivity index (χ1) is 8.00. The number of rotatable bonds is 6. The Balaban J connectivity index is 4.39. The molecule has 106 valence electrons. The third-order valence-electron chi connectivity index (χ3n) is 3.09. The van der Waals surface area contributed by atoms with Gasteiger partial charge in [0.2, 0.25) is 5.91 Å². The summed E-state index contributed by atoms with van der Waals surface area (Å²) in [6.07, 6.45) is 1.69. The number of amides is 1. The van der Waals surface area contributed by atoms with Crippen molar-refractivity contribution in [3.63, 3.8) is 0 Å². The lowest BCUT2D eigenvalue weighted by molar-refractivity contribution is -0.147. The molecule has 0 aliphatic rings. The average Bonchev–Trinajstić information content (AvgIpc) is 2.13. The van der Waals surface area contributed by atoms with E-state index in [1.807, 2.05) is 6.92 Å². The van der Waals surface area contributed by atoms with Crippen LogP contribution in [0.4, 0.5) is 0 Å². The Labute approximate surface area is 110 Å². The number of carbonyl (C=O) groups is 2. The molecule has 0 heterocycles. The van der Waals surface area contributed by atoms with E-state index in [9.17, 15) is 9.59 Å². The standard InChI is InChI=1S/C14H27NO3/c1-7-14(6,12(17)18)15-11(16)8-10(2)9-13(3,4)5/h10H,7-9H2,1-6H3,(H,15,16)(H,17,18). The maximum Gasteiger partial charge on any atom is 0.329 e. The van der Waals surface area contributed by atoms with Crippen LogP contribution >= 0.6 is 0 Å². The summed E-state index contributed by atoms with van der Waals surface area (Å²) in [4.78, 5) is 22.9. The van der Waals surface area contributed by atoms with Gasteiger partial charge in [-0.05, 0) is 31.1 Å². The van der Waals surface area contributed by atoms with Gasteiger partial charge in [-0.3, -0.25) is 4.79 Å². The third kappa shape index (κ3) is 6.03. The highest BCUT2D eigenvalue weighted by Gasteiger charge is 2.33. The van der Waals surface area contributed by atoms with Crippen molar-refractivity contribution in [2.24, 2.45) is 11.3 Å². The minimum Gasteiger partial charge on any atom is -0.480 e. The molecule has 0 aromatic carbocycles. The first-order valence-corrected chi connectivity index (χ1v) is 6.54. The van der Waals surface area contributed by atoms with Crippen molar-refractivity contribution in [1.29, 1.82) is 0 Å². The maximum atomic E-state index is 11.8. The Morgan fingerprint density at radius 2 is 1.72 bits per heavy atom. The molecule has 0 spiro atoms. The Kier molecular flexibility index (Phi) is 5.84. The van der Waals surface area contributed by atoms with E-state index in [2.05, 4.69) is 26.1 Å². The van der Waals surface area contributed by atoms with Gasteiger partial charge in [0.05, 0.1) is 0 Å². The minimum atomic E-state index is -1.15. The highest BCUT2D eigenvalue weighted by atomic mass is 16.4. The van der Waals surface area contributed by atoms with Gasteiger partial charge in [-0.1, -0.05) is 34.6 Å². The van der Waals surface area contributed by atoms with Crippen LogP contribution in [0.2, 0.25) is 0 Å². The van der Waals surface area contributed by atoms with Crippen molar-refractivity contribution in [3.05, 3.63) is 0 Å². The highest BCUT2D eigenvalue weighted by molar-refractivity contribution is 5.86. The van der Waals surface area contributed by atoms with Crippen LogP contribution in [0, 0.1) is 11.3 Å². The van der Waals surface area contributed by atoms with Crippen LogP contribution in [0.25, 0.3) is 0 Å². The molecule has 0 rings (SSSR count). The Morgan fingerprint density at radius 1 is 1.22 bits per heavy atom. The summed E-state index contributed by atoms with van der Waals surface area (Å²) >= 11 is 0. The summed E-state index contributed by atoms with van der Waals surface area (Å²) in [5, 5.41) is 11.7. The van der Waals surface area contributed by atoms with Crippen LogP contribution in [0.5, 0.6) is 0 Å². The number of carboxylic acid groups (broad SMARTS) is 1. The van der Waals surface area contributed by atoms with Crippen LogP contribution in [0.15, 0.2) is 0 Å². The van der Waals surface area contributed by atoms with E-state index in [0.717, 1.165) is 6.42 Å². The van der Waals surface area contributed by atoms with E-state index in [0.29, 0.717) is 12.8 Å². The topological polar surface area (TPSA) is 66.4 Å². The Hall–Kier alpha value is -1.06. The lowest BCUT2D eigenvalue weighted by Gasteiger charge is -2.27. The summed E-state index contributed by atoms with van der Waals surface area (Å²) in [5.74, 6) is -0.916. The normalized spacial score (nSPS) is 16.8. The van der Waals surface area contributed by atoms with Gasteiger partial charge in [0, 0.05) is 6.42 Å². The fraction of sp³-hybridized carbons (Fsp3) is 0.857. The largest absolute Gasteiger partial charge is 0.480 e. The molecular formula is C14H27NO3. The van der Waals surface area contributed by atoms with Crippen molar-refractivity contribution in [3.8, 4) is 0 Å². The Morgan fingerprint density at radius 3 is 2.06 bits per heavy atom. The van der Waals surface area contributed by atoms with Crippen LogP contribution in [0.3, 0.4) is 0 Å². The van der Waals surface area contributed by atoms with E-state index in [1.165, 1.54) is 0 Å². The summed E-state index contributed by atoms with van der Waals surface area (Å²) in [5.41, 5.74) is -0.973. The van der Waals surface area contributed by atoms with Gasteiger partial charge in [0.15, 0.2) is 0 Å². The number of hydrogen-bond acceptors (Lipinski definition) is 2. The zero-order valence-electron chi connectivity index (χ0n) is 12.5. The number of hydrogen-bond donors (Lipinski definition) is 2. The molecule has 2 N–H and O–H groups in total. The fourth-order valence-corrected chi connectivity index (χ4v) is 2.09. The van der Waals surface area contributed by atoms with Gasteiger partial charge in [0.25, 0.3) is 0 Å². The molecule has 0 aliphatic heterocycles. The van der Waals surface area contributed by atoms with Crippen molar-refractivity contribution in [2.45, 2.75) is 66.3 Å². The van der Waals surface area contributed by atoms with Crippen LogP contribution in [-0.4, -0.2) is 22.5 Å². The monoisotopic (exact) mass is 257 g/mol. The lowest BCUT2D eigenvalue weighted by atomic mass is 9.84.